The van der Waals surface area contributed by atoms with E-state index in [0.29, 0.717) is 32.0 Å². The first-order valence-corrected chi connectivity index (χ1v) is 6.75. The molecule has 5 nitrogen and oxygen atoms in total. The zero-order chi connectivity index (χ0) is 14.7. The minimum absolute atomic E-state index is 0.0382. The first-order chi connectivity index (χ1) is 10.2. The number of halogens is 1. The van der Waals surface area contributed by atoms with Gasteiger partial charge in [0.15, 0.2) is 0 Å². The van der Waals surface area contributed by atoms with Crippen molar-refractivity contribution in [3.05, 3.63) is 54.2 Å². The van der Waals surface area contributed by atoms with Crippen molar-refractivity contribution in [3.63, 3.8) is 0 Å². The summed E-state index contributed by atoms with van der Waals surface area (Å²) >= 11 is 0. The van der Waals surface area contributed by atoms with Gasteiger partial charge < -0.3 is 9.80 Å². The van der Waals surface area contributed by atoms with Gasteiger partial charge in [-0.3, -0.25) is 9.78 Å². The summed E-state index contributed by atoms with van der Waals surface area (Å²) < 4.78 is 12.9. The highest BCUT2D eigenvalue weighted by atomic mass is 19.1. The lowest BCUT2D eigenvalue weighted by atomic mass is 10.2. The fourth-order valence-corrected chi connectivity index (χ4v) is 2.34. The molecule has 1 amide bonds. The van der Waals surface area contributed by atoms with Gasteiger partial charge in [-0.15, -0.1) is 0 Å². The number of aromatic nitrogens is 2. The Morgan fingerprint density at radius 3 is 2.62 bits per heavy atom. The Kier molecular flexibility index (Phi) is 3.77. The van der Waals surface area contributed by atoms with E-state index in [9.17, 15) is 9.18 Å². The Morgan fingerprint density at radius 1 is 1.14 bits per heavy atom. The van der Waals surface area contributed by atoms with E-state index in [0.717, 1.165) is 5.56 Å². The molecular formula is C15H15FN4O. The Hall–Kier alpha value is -2.50. The van der Waals surface area contributed by atoms with Crippen LogP contribution in [0.3, 0.4) is 0 Å². The van der Waals surface area contributed by atoms with Crippen LogP contribution in [0, 0.1) is 5.82 Å². The van der Waals surface area contributed by atoms with Crippen LogP contribution in [0.2, 0.25) is 0 Å². The molecule has 1 aliphatic heterocycles. The van der Waals surface area contributed by atoms with Gasteiger partial charge in [-0.05, 0) is 17.7 Å². The molecule has 0 aliphatic carbocycles. The molecule has 0 bridgehead atoms. The molecule has 2 heterocycles. The SMILES string of the molecule is O=C1CN(c2cnccn2)CCN1Cc1ccc(F)cc1. The highest BCUT2D eigenvalue weighted by Crippen LogP contribution is 2.14. The summed E-state index contributed by atoms with van der Waals surface area (Å²) in [7, 11) is 0. The maximum atomic E-state index is 12.9. The van der Waals surface area contributed by atoms with Gasteiger partial charge in [-0.25, -0.2) is 9.37 Å². The van der Waals surface area contributed by atoms with E-state index in [1.807, 2.05) is 4.90 Å². The predicted molar refractivity (Wildman–Crippen MR) is 76.1 cm³/mol. The predicted octanol–water partition coefficient (Wildman–Crippen LogP) is 1.46. The van der Waals surface area contributed by atoms with Crippen molar-refractivity contribution >= 4 is 11.7 Å². The van der Waals surface area contributed by atoms with Crippen molar-refractivity contribution < 1.29 is 9.18 Å². The topological polar surface area (TPSA) is 49.3 Å². The van der Waals surface area contributed by atoms with Gasteiger partial charge in [0.25, 0.3) is 0 Å². The Balaban J connectivity index is 1.63. The van der Waals surface area contributed by atoms with Crippen molar-refractivity contribution in [2.75, 3.05) is 24.5 Å². The molecule has 1 saturated heterocycles. The second kappa shape index (κ2) is 5.87. The van der Waals surface area contributed by atoms with Gasteiger partial charge in [0.1, 0.15) is 11.6 Å². The highest BCUT2D eigenvalue weighted by molar-refractivity contribution is 5.82. The minimum atomic E-state index is -0.266. The summed E-state index contributed by atoms with van der Waals surface area (Å²) in [5.41, 5.74) is 0.928. The third-order valence-electron chi connectivity index (χ3n) is 3.48. The summed E-state index contributed by atoms with van der Waals surface area (Å²) in [5, 5.41) is 0. The molecule has 1 aliphatic rings. The number of hydrogen-bond donors (Lipinski definition) is 0. The molecule has 0 radical (unpaired) electrons. The van der Waals surface area contributed by atoms with Gasteiger partial charge in [0, 0.05) is 32.0 Å². The number of rotatable bonds is 3. The molecule has 1 aromatic carbocycles. The zero-order valence-corrected chi connectivity index (χ0v) is 11.4. The molecule has 1 aromatic heterocycles. The van der Waals surface area contributed by atoms with E-state index in [1.165, 1.54) is 12.1 Å². The van der Waals surface area contributed by atoms with Crippen molar-refractivity contribution in [2.45, 2.75) is 6.54 Å². The summed E-state index contributed by atoms with van der Waals surface area (Å²) in [4.78, 5) is 24.1. The molecule has 1 fully saturated rings. The lowest BCUT2D eigenvalue weighted by Gasteiger charge is -2.34. The first-order valence-electron chi connectivity index (χ1n) is 6.75. The standard InChI is InChI=1S/C15H15FN4O/c16-13-3-1-12(2-4-13)10-20-8-7-19(11-15(20)21)14-9-17-5-6-18-14/h1-6,9H,7-8,10-11H2. The van der Waals surface area contributed by atoms with Crippen LogP contribution in [0.5, 0.6) is 0 Å². The fourth-order valence-electron chi connectivity index (χ4n) is 2.34. The number of hydrogen-bond acceptors (Lipinski definition) is 4. The Bertz CT molecular complexity index is 617. The molecule has 0 spiro atoms. The van der Waals surface area contributed by atoms with Crippen LogP contribution in [0.25, 0.3) is 0 Å². The average molecular weight is 286 g/mol. The normalized spacial score (nSPS) is 15.4. The van der Waals surface area contributed by atoms with E-state index >= 15 is 0 Å². The maximum absolute atomic E-state index is 12.9. The molecule has 0 saturated carbocycles. The molecule has 108 valence electrons. The van der Waals surface area contributed by atoms with Crippen LogP contribution in [-0.4, -0.2) is 40.4 Å². The van der Waals surface area contributed by atoms with Crippen LogP contribution >= 0.6 is 0 Å². The third kappa shape index (κ3) is 3.16. The smallest absolute Gasteiger partial charge is 0.242 e. The lowest BCUT2D eigenvalue weighted by Crippen LogP contribution is -2.50. The summed E-state index contributed by atoms with van der Waals surface area (Å²) in [6, 6.07) is 6.24. The number of carbonyl (C=O) groups excluding carboxylic acids is 1. The largest absolute Gasteiger partial charge is 0.344 e. The van der Waals surface area contributed by atoms with E-state index in [1.54, 1.807) is 35.6 Å². The van der Waals surface area contributed by atoms with Crippen LogP contribution in [0.4, 0.5) is 10.2 Å². The quantitative estimate of drug-likeness (QED) is 0.857. The van der Waals surface area contributed by atoms with Gasteiger partial charge in [0.2, 0.25) is 5.91 Å². The van der Waals surface area contributed by atoms with Crippen LogP contribution < -0.4 is 4.90 Å². The van der Waals surface area contributed by atoms with Crippen LogP contribution in [0.15, 0.2) is 42.9 Å². The lowest BCUT2D eigenvalue weighted by molar-refractivity contribution is -0.131. The summed E-state index contributed by atoms with van der Waals surface area (Å²) in [5.74, 6) is 0.487. The molecule has 6 heteroatoms. The number of piperazine rings is 1. The number of carbonyl (C=O) groups is 1. The molecule has 0 atom stereocenters. The molecule has 21 heavy (non-hydrogen) atoms. The van der Waals surface area contributed by atoms with Crippen LogP contribution in [0.1, 0.15) is 5.56 Å². The molecule has 3 rings (SSSR count). The van der Waals surface area contributed by atoms with Gasteiger partial charge >= 0.3 is 0 Å². The Labute approximate surface area is 122 Å². The van der Waals surface area contributed by atoms with Crippen molar-refractivity contribution in [1.29, 1.82) is 0 Å². The van der Waals surface area contributed by atoms with Crippen molar-refractivity contribution in [1.82, 2.24) is 14.9 Å². The van der Waals surface area contributed by atoms with E-state index < -0.39 is 0 Å². The average Bonchev–Trinajstić information content (AvgIpc) is 2.52. The van der Waals surface area contributed by atoms with E-state index in [-0.39, 0.29) is 11.7 Å². The zero-order valence-electron chi connectivity index (χ0n) is 11.4. The molecule has 0 unspecified atom stereocenters. The second-order valence-electron chi connectivity index (χ2n) is 4.93. The number of nitrogens with zero attached hydrogens (tertiary/aromatic N) is 4. The first kappa shape index (κ1) is 13.5. The maximum Gasteiger partial charge on any atom is 0.242 e. The third-order valence-corrected chi connectivity index (χ3v) is 3.48. The summed E-state index contributed by atoms with van der Waals surface area (Å²) in [6.45, 7) is 2.13. The van der Waals surface area contributed by atoms with Gasteiger partial charge in [-0.2, -0.15) is 0 Å². The van der Waals surface area contributed by atoms with Crippen molar-refractivity contribution in [2.24, 2.45) is 0 Å². The van der Waals surface area contributed by atoms with Crippen LogP contribution in [-0.2, 0) is 11.3 Å². The molecule has 0 N–H and O–H groups in total. The molecular weight excluding hydrogens is 271 g/mol. The monoisotopic (exact) mass is 286 g/mol. The van der Waals surface area contributed by atoms with E-state index in [4.69, 9.17) is 0 Å². The highest BCUT2D eigenvalue weighted by Gasteiger charge is 2.24. The van der Waals surface area contributed by atoms with Gasteiger partial charge in [0.05, 0.1) is 12.7 Å². The van der Waals surface area contributed by atoms with Gasteiger partial charge in [-0.1, -0.05) is 12.1 Å². The minimum Gasteiger partial charge on any atom is -0.344 e. The number of amides is 1. The molecule has 2 aromatic rings. The fraction of sp³-hybridized carbons (Fsp3) is 0.267. The Morgan fingerprint density at radius 2 is 1.95 bits per heavy atom. The van der Waals surface area contributed by atoms with E-state index in [2.05, 4.69) is 9.97 Å². The number of anilines is 1. The second-order valence-corrected chi connectivity index (χ2v) is 4.93. The summed E-state index contributed by atoms with van der Waals surface area (Å²) in [6.07, 6.45) is 4.88. The number of benzene rings is 1. The van der Waals surface area contributed by atoms with Crippen molar-refractivity contribution in [3.8, 4) is 0 Å².